The fourth-order valence-electron chi connectivity index (χ4n) is 1.11. The van der Waals surface area contributed by atoms with Crippen molar-refractivity contribution < 1.29 is 9.90 Å². The third kappa shape index (κ3) is 6.10. The molecule has 0 aliphatic carbocycles. The van der Waals surface area contributed by atoms with E-state index in [1.807, 2.05) is 31.2 Å². The van der Waals surface area contributed by atoms with Gasteiger partial charge in [-0.05, 0) is 30.7 Å². The highest BCUT2D eigenvalue weighted by atomic mass is 79.9. The van der Waals surface area contributed by atoms with Gasteiger partial charge in [-0.1, -0.05) is 22.9 Å². The van der Waals surface area contributed by atoms with Crippen LogP contribution in [0, 0.1) is 0 Å². The molecule has 1 amide bonds. The van der Waals surface area contributed by atoms with Gasteiger partial charge < -0.3 is 10.4 Å². The molecule has 3 nitrogen and oxygen atoms in total. The maximum absolute atomic E-state index is 11.5. The number of aliphatic hydroxyl groups excluding tert-OH is 1. The minimum Gasteiger partial charge on any atom is -0.391 e. The van der Waals surface area contributed by atoms with Crippen LogP contribution in [-0.4, -0.2) is 29.4 Å². The Labute approximate surface area is 114 Å². The number of rotatable bonds is 6. The van der Waals surface area contributed by atoms with Crippen LogP contribution in [0.1, 0.15) is 13.3 Å². The van der Waals surface area contributed by atoms with Gasteiger partial charge in [0.1, 0.15) is 0 Å². The number of hydrogen-bond acceptors (Lipinski definition) is 3. The van der Waals surface area contributed by atoms with Gasteiger partial charge in [-0.25, -0.2) is 0 Å². The van der Waals surface area contributed by atoms with Crippen molar-refractivity contribution >= 4 is 33.6 Å². The molecule has 0 aliphatic rings. The van der Waals surface area contributed by atoms with Crippen LogP contribution in [-0.2, 0) is 4.79 Å². The summed E-state index contributed by atoms with van der Waals surface area (Å²) < 4.78 is 1.03. The van der Waals surface area contributed by atoms with Crippen molar-refractivity contribution in [2.75, 3.05) is 12.3 Å². The van der Waals surface area contributed by atoms with Gasteiger partial charge in [-0.2, -0.15) is 0 Å². The number of amides is 1. The predicted octanol–water partition coefficient (Wildman–Crippen LogP) is 2.43. The average molecular weight is 318 g/mol. The predicted molar refractivity (Wildman–Crippen MR) is 74.2 cm³/mol. The first-order valence-electron chi connectivity index (χ1n) is 5.45. The van der Waals surface area contributed by atoms with Gasteiger partial charge in [0.25, 0.3) is 0 Å². The highest BCUT2D eigenvalue weighted by molar-refractivity contribution is 9.10. The van der Waals surface area contributed by atoms with Crippen LogP contribution >= 0.6 is 27.7 Å². The van der Waals surface area contributed by atoms with Crippen molar-refractivity contribution in [3.8, 4) is 0 Å². The second-order valence-corrected chi connectivity index (χ2v) is 5.57. The number of aliphatic hydroxyl groups is 1. The number of nitrogens with one attached hydrogen (secondary N) is 1. The highest BCUT2D eigenvalue weighted by Gasteiger charge is 2.05. The van der Waals surface area contributed by atoms with Gasteiger partial charge in [0, 0.05) is 15.9 Å². The van der Waals surface area contributed by atoms with Gasteiger partial charge in [0.15, 0.2) is 0 Å². The van der Waals surface area contributed by atoms with E-state index in [1.54, 1.807) is 0 Å². The summed E-state index contributed by atoms with van der Waals surface area (Å²) >= 11 is 4.84. The molecule has 1 atom stereocenters. The molecule has 2 N–H and O–H groups in total. The molecule has 5 heteroatoms. The number of hydrogen-bond donors (Lipinski definition) is 2. The molecule has 0 aliphatic heterocycles. The van der Waals surface area contributed by atoms with Crippen molar-refractivity contribution in [3.63, 3.8) is 0 Å². The van der Waals surface area contributed by atoms with Crippen molar-refractivity contribution in [1.82, 2.24) is 5.32 Å². The van der Waals surface area contributed by atoms with Crippen LogP contribution in [0.25, 0.3) is 0 Å². The summed E-state index contributed by atoms with van der Waals surface area (Å²) in [4.78, 5) is 12.5. The molecule has 0 heterocycles. The zero-order valence-electron chi connectivity index (χ0n) is 9.65. The van der Waals surface area contributed by atoms with Gasteiger partial charge in [0.2, 0.25) is 5.91 Å². The molecule has 0 saturated carbocycles. The molecule has 1 rings (SSSR count). The van der Waals surface area contributed by atoms with Crippen LogP contribution in [0.5, 0.6) is 0 Å². The van der Waals surface area contributed by atoms with Gasteiger partial charge in [-0.3, -0.25) is 4.79 Å². The fourth-order valence-corrected chi connectivity index (χ4v) is 2.10. The van der Waals surface area contributed by atoms with Gasteiger partial charge in [0.05, 0.1) is 11.9 Å². The zero-order chi connectivity index (χ0) is 12.7. The Hall–Kier alpha value is -0.520. The molecule has 0 bridgehead atoms. The zero-order valence-corrected chi connectivity index (χ0v) is 12.1. The average Bonchev–Trinajstić information content (AvgIpc) is 2.35. The van der Waals surface area contributed by atoms with E-state index >= 15 is 0 Å². The van der Waals surface area contributed by atoms with Crippen molar-refractivity contribution in [2.24, 2.45) is 0 Å². The maximum atomic E-state index is 11.5. The molecule has 17 heavy (non-hydrogen) atoms. The van der Waals surface area contributed by atoms with Crippen molar-refractivity contribution in [3.05, 3.63) is 28.7 Å². The van der Waals surface area contributed by atoms with E-state index in [9.17, 15) is 9.90 Å². The van der Waals surface area contributed by atoms with Crippen molar-refractivity contribution in [1.29, 1.82) is 0 Å². The number of thioether (sulfide) groups is 1. The van der Waals surface area contributed by atoms with Crippen molar-refractivity contribution in [2.45, 2.75) is 24.3 Å². The summed E-state index contributed by atoms with van der Waals surface area (Å²) in [5, 5.41) is 12.0. The lowest BCUT2D eigenvalue weighted by Crippen LogP contribution is -2.32. The minimum absolute atomic E-state index is 0.0505. The SMILES string of the molecule is CCC(O)CNC(=O)CSc1ccc(Br)cc1. The summed E-state index contributed by atoms with van der Waals surface area (Å²) in [7, 11) is 0. The molecule has 1 aromatic carbocycles. The summed E-state index contributed by atoms with van der Waals surface area (Å²) in [6, 6.07) is 7.81. The summed E-state index contributed by atoms with van der Waals surface area (Å²) in [6.07, 6.45) is 0.205. The number of carbonyl (C=O) groups is 1. The smallest absolute Gasteiger partial charge is 0.230 e. The topological polar surface area (TPSA) is 49.3 Å². The second kappa shape index (κ2) is 7.74. The third-order valence-electron chi connectivity index (χ3n) is 2.19. The van der Waals surface area contributed by atoms with Crippen LogP contribution in [0.4, 0.5) is 0 Å². The van der Waals surface area contributed by atoms with E-state index in [-0.39, 0.29) is 5.91 Å². The lowest BCUT2D eigenvalue weighted by molar-refractivity contribution is -0.119. The number of carbonyl (C=O) groups excluding carboxylic acids is 1. The van der Waals surface area contributed by atoms with E-state index < -0.39 is 6.10 Å². The molecular weight excluding hydrogens is 302 g/mol. The Morgan fingerprint density at radius 1 is 1.47 bits per heavy atom. The molecule has 0 aromatic heterocycles. The molecule has 0 radical (unpaired) electrons. The first kappa shape index (κ1) is 14.5. The minimum atomic E-state index is -0.448. The summed E-state index contributed by atoms with van der Waals surface area (Å²) in [6.45, 7) is 2.21. The van der Waals surface area contributed by atoms with E-state index in [4.69, 9.17) is 0 Å². The summed E-state index contributed by atoms with van der Waals surface area (Å²) in [5.41, 5.74) is 0. The quantitative estimate of drug-likeness (QED) is 0.792. The van der Waals surface area contributed by atoms with Crippen LogP contribution in [0.15, 0.2) is 33.6 Å². The van der Waals surface area contributed by atoms with Gasteiger partial charge in [-0.15, -0.1) is 11.8 Å². The molecule has 0 fully saturated rings. The standard InChI is InChI=1S/C12H16BrNO2S/c1-2-10(15)7-14-12(16)8-17-11-5-3-9(13)4-6-11/h3-6,10,15H,2,7-8H2,1H3,(H,14,16). The number of halogens is 1. The Morgan fingerprint density at radius 3 is 2.71 bits per heavy atom. The Kier molecular flexibility index (Phi) is 6.62. The van der Waals surface area contributed by atoms with E-state index in [0.717, 1.165) is 9.37 Å². The Balaban J connectivity index is 2.26. The molecule has 0 saturated heterocycles. The van der Waals surface area contributed by atoms with E-state index in [1.165, 1.54) is 11.8 Å². The molecule has 1 unspecified atom stereocenters. The first-order valence-corrected chi connectivity index (χ1v) is 7.22. The molecule has 94 valence electrons. The van der Waals surface area contributed by atoms with Crippen LogP contribution < -0.4 is 5.32 Å². The lowest BCUT2D eigenvalue weighted by atomic mass is 10.3. The summed E-state index contributed by atoms with van der Waals surface area (Å²) in [5.74, 6) is 0.323. The molecule has 0 spiro atoms. The lowest BCUT2D eigenvalue weighted by Gasteiger charge is -2.09. The van der Waals surface area contributed by atoms with E-state index in [2.05, 4.69) is 21.2 Å². The molecule has 1 aromatic rings. The third-order valence-corrected chi connectivity index (χ3v) is 3.73. The Bertz CT molecular complexity index is 356. The van der Waals surface area contributed by atoms with Gasteiger partial charge >= 0.3 is 0 Å². The number of benzene rings is 1. The largest absolute Gasteiger partial charge is 0.391 e. The first-order chi connectivity index (χ1) is 8.11. The highest BCUT2D eigenvalue weighted by Crippen LogP contribution is 2.20. The fraction of sp³-hybridized carbons (Fsp3) is 0.417. The monoisotopic (exact) mass is 317 g/mol. The normalized spacial score (nSPS) is 12.2. The second-order valence-electron chi connectivity index (χ2n) is 3.61. The van der Waals surface area contributed by atoms with Crippen LogP contribution in [0.3, 0.4) is 0 Å². The maximum Gasteiger partial charge on any atom is 0.230 e. The van der Waals surface area contributed by atoms with E-state index in [0.29, 0.717) is 18.7 Å². The molecular formula is C12H16BrNO2S. The van der Waals surface area contributed by atoms with Crippen LogP contribution in [0.2, 0.25) is 0 Å². The Morgan fingerprint density at radius 2 is 2.12 bits per heavy atom.